The van der Waals surface area contributed by atoms with E-state index in [0.29, 0.717) is 11.4 Å². The topological polar surface area (TPSA) is 42.9 Å². The maximum Gasteiger partial charge on any atom is 0.200 e. The molecule has 6 heteroatoms. The Morgan fingerprint density at radius 3 is 2.58 bits per heavy atom. The molecule has 0 unspecified atom stereocenters. The van der Waals surface area contributed by atoms with E-state index in [-0.39, 0.29) is 10.0 Å². The molecule has 0 atom stereocenters. The molecule has 0 aliphatic rings. The first-order valence-electron chi connectivity index (χ1n) is 5.41. The number of rotatable bonds is 2. The minimum Gasteiger partial charge on any atom is -0.288 e. The van der Waals surface area contributed by atoms with Crippen LogP contribution in [0.1, 0.15) is 27.3 Å². The van der Waals surface area contributed by atoms with Crippen LogP contribution < -0.4 is 0 Å². The molecule has 0 spiro atoms. The molecule has 0 aliphatic heterocycles. The molecule has 0 saturated carbocycles. The van der Waals surface area contributed by atoms with Crippen molar-refractivity contribution < 1.29 is 13.6 Å². The van der Waals surface area contributed by atoms with Gasteiger partial charge in [0.2, 0.25) is 5.78 Å². The van der Waals surface area contributed by atoms with Crippen LogP contribution in [0.5, 0.6) is 0 Å². The molecule has 0 fully saturated rings. The van der Waals surface area contributed by atoms with E-state index in [2.05, 4.69) is 26.1 Å². The Morgan fingerprint density at radius 2 is 1.89 bits per heavy atom. The van der Waals surface area contributed by atoms with Crippen LogP contribution in [-0.2, 0) is 0 Å². The smallest absolute Gasteiger partial charge is 0.200 e. The summed E-state index contributed by atoms with van der Waals surface area (Å²) in [5, 5.41) is 7.56. The van der Waals surface area contributed by atoms with E-state index in [1.807, 2.05) is 0 Å². The Morgan fingerprint density at radius 1 is 1.21 bits per heavy atom. The van der Waals surface area contributed by atoms with E-state index in [0.717, 1.165) is 6.07 Å². The molecule has 0 radical (unpaired) electrons. The molecular formula is C13H9BrF2N2O. The van der Waals surface area contributed by atoms with E-state index in [9.17, 15) is 13.6 Å². The maximum absolute atomic E-state index is 13.9. The summed E-state index contributed by atoms with van der Waals surface area (Å²) in [6.07, 6.45) is 0. The van der Waals surface area contributed by atoms with Gasteiger partial charge in [-0.1, -0.05) is 0 Å². The van der Waals surface area contributed by atoms with Gasteiger partial charge in [-0.25, -0.2) is 8.78 Å². The van der Waals surface area contributed by atoms with Gasteiger partial charge in [0, 0.05) is 5.56 Å². The molecule has 0 amide bonds. The summed E-state index contributed by atoms with van der Waals surface area (Å²) in [4.78, 5) is 12.2. The number of benzene rings is 1. The number of ketones is 1. The number of halogens is 3. The second kappa shape index (κ2) is 5.13. The third-order valence-corrected chi connectivity index (χ3v) is 3.23. The van der Waals surface area contributed by atoms with Gasteiger partial charge in [-0.05, 0) is 48.0 Å². The van der Waals surface area contributed by atoms with Gasteiger partial charge in [0.1, 0.15) is 5.82 Å². The van der Waals surface area contributed by atoms with Crippen LogP contribution >= 0.6 is 15.9 Å². The highest BCUT2D eigenvalue weighted by Gasteiger charge is 2.23. The van der Waals surface area contributed by atoms with Crippen molar-refractivity contribution in [1.82, 2.24) is 10.2 Å². The second-order valence-corrected chi connectivity index (χ2v) is 4.89. The third kappa shape index (κ3) is 2.53. The van der Waals surface area contributed by atoms with Gasteiger partial charge in [0.15, 0.2) is 5.82 Å². The van der Waals surface area contributed by atoms with Crippen molar-refractivity contribution in [2.24, 2.45) is 0 Å². The zero-order chi connectivity index (χ0) is 14.2. The minimum atomic E-state index is -0.918. The van der Waals surface area contributed by atoms with Crippen LogP contribution in [0.3, 0.4) is 0 Å². The van der Waals surface area contributed by atoms with E-state index in [4.69, 9.17) is 0 Å². The van der Waals surface area contributed by atoms with E-state index >= 15 is 0 Å². The maximum atomic E-state index is 13.9. The van der Waals surface area contributed by atoms with Crippen molar-refractivity contribution in [1.29, 1.82) is 0 Å². The van der Waals surface area contributed by atoms with E-state index in [1.165, 1.54) is 12.1 Å². The monoisotopic (exact) mass is 326 g/mol. The zero-order valence-electron chi connectivity index (χ0n) is 10.2. The molecule has 2 rings (SSSR count). The number of hydrogen-bond acceptors (Lipinski definition) is 3. The Kier molecular flexibility index (Phi) is 3.71. The predicted molar refractivity (Wildman–Crippen MR) is 69.0 cm³/mol. The van der Waals surface area contributed by atoms with Gasteiger partial charge in [-0.2, -0.15) is 10.2 Å². The Hall–Kier alpha value is -1.69. The Bertz CT molecular complexity index is 674. The van der Waals surface area contributed by atoms with Crippen molar-refractivity contribution in [2.75, 3.05) is 0 Å². The molecular weight excluding hydrogens is 318 g/mol. The van der Waals surface area contributed by atoms with Gasteiger partial charge < -0.3 is 0 Å². The predicted octanol–water partition coefficient (Wildman–Crippen LogP) is 3.37. The molecule has 2 aromatic rings. The summed E-state index contributed by atoms with van der Waals surface area (Å²) in [6, 6.07) is 3.71. The lowest BCUT2D eigenvalue weighted by Crippen LogP contribution is -2.11. The molecule has 0 N–H and O–H groups in total. The fourth-order valence-electron chi connectivity index (χ4n) is 1.65. The molecule has 0 aliphatic carbocycles. The Labute approximate surface area is 116 Å². The lowest BCUT2D eigenvalue weighted by atomic mass is 10.0. The first kappa shape index (κ1) is 13.7. The van der Waals surface area contributed by atoms with Crippen molar-refractivity contribution in [3.05, 3.63) is 56.8 Å². The van der Waals surface area contributed by atoms with Crippen LogP contribution in [0.4, 0.5) is 8.78 Å². The third-order valence-electron chi connectivity index (χ3n) is 2.62. The van der Waals surface area contributed by atoms with Gasteiger partial charge in [-0.3, -0.25) is 4.79 Å². The van der Waals surface area contributed by atoms with Crippen LogP contribution in [0, 0.1) is 25.5 Å². The summed E-state index contributed by atoms with van der Waals surface area (Å²) in [6.45, 7) is 3.21. The fourth-order valence-corrected chi connectivity index (χ4v) is 1.98. The number of hydrogen-bond donors (Lipinski definition) is 0. The quantitative estimate of drug-likeness (QED) is 0.627. The van der Waals surface area contributed by atoms with E-state index in [1.54, 1.807) is 13.8 Å². The highest BCUT2D eigenvalue weighted by atomic mass is 79.9. The molecule has 0 bridgehead atoms. The van der Waals surface area contributed by atoms with Crippen molar-refractivity contribution >= 4 is 21.7 Å². The van der Waals surface area contributed by atoms with E-state index < -0.39 is 23.0 Å². The van der Waals surface area contributed by atoms with Crippen LogP contribution in [0.15, 0.2) is 22.7 Å². The number of carbonyl (C=O) groups excluding carboxylic acids is 1. The minimum absolute atomic E-state index is 0.0358. The standard InChI is InChI=1S/C13H9BrF2N2O/c1-6-5-8(7(2)18-17-6)13(19)11-10(15)4-3-9(14)12(11)16/h3-5H,1-2H3. The summed E-state index contributed by atoms with van der Waals surface area (Å²) >= 11 is 2.93. The van der Waals surface area contributed by atoms with Gasteiger partial charge in [0.25, 0.3) is 0 Å². The molecule has 19 heavy (non-hydrogen) atoms. The van der Waals surface area contributed by atoms with Gasteiger partial charge in [0.05, 0.1) is 21.4 Å². The van der Waals surface area contributed by atoms with Crippen LogP contribution in [0.25, 0.3) is 0 Å². The number of nitrogens with zero attached hydrogens (tertiary/aromatic N) is 2. The summed E-state index contributed by atoms with van der Waals surface area (Å²) in [5.41, 5.74) is 0.382. The largest absolute Gasteiger partial charge is 0.288 e. The average Bonchev–Trinajstić information content (AvgIpc) is 2.37. The first-order valence-corrected chi connectivity index (χ1v) is 6.20. The highest BCUT2D eigenvalue weighted by molar-refractivity contribution is 9.10. The average molecular weight is 327 g/mol. The highest BCUT2D eigenvalue weighted by Crippen LogP contribution is 2.24. The SMILES string of the molecule is Cc1cc(C(=O)c2c(F)ccc(Br)c2F)c(C)nn1. The number of aryl methyl sites for hydroxylation is 2. The lowest BCUT2D eigenvalue weighted by Gasteiger charge is -2.07. The number of aromatic nitrogens is 2. The van der Waals surface area contributed by atoms with Crippen LogP contribution in [0.2, 0.25) is 0 Å². The van der Waals surface area contributed by atoms with Crippen molar-refractivity contribution in [2.45, 2.75) is 13.8 Å². The lowest BCUT2D eigenvalue weighted by molar-refractivity contribution is 0.102. The summed E-state index contributed by atoms with van der Waals surface area (Å²) in [7, 11) is 0. The molecule has 1 aromatic heterocycles. The van der Waals surface area contributed by atoms with Gasteiger partial charge >= 0.3 is 0 Å². The molecule has 1 aromatic carbocycles. The normalized spacial score (nSPS) is 10.6. The zero-order valence-corrected chi connectivity index (χ0v) is 11.8. The van der Waals surface area contributed by atoms with Crippen LogP contribution in [-0.4, -0.2) is 16.0 Å². The molecule has 98 valence electrons. The van der Waals surface area contributed by atoms with Gasteiger partial charge in [-0.15, -0.1) is 0 Å². The molecule has 3 nitrogen and oxygen atoms in total. The Balaban J connectivity index is 2.63. The first-order chi connectivity index (χ1) is 8.91. The summed E-state index contributed by atoms with van der Waals surface area (Å²) < 4.78 is 27.6. The fraction of sp³-hybridized carbons (Fsp3) is 0.154. The number of carbonyl (C=O) groups is 1. The van der Waals surface area contributed by atoms with Crippen molar-refractivity contribution in [3.8, 4) is 0 Å². The molecule has 0 saturated heterocycles. The molecule has 1 heterocycles. The second-order valence-electron chi connectivity index (χ2n) is 4.03. The summed E-state index contributed by atoms with van der Waals surface area (Å²) in [5.74, 6) is -2.56. The van der Waals surface area contributed by atoms with Crippen molar-refractivity contribution in [3.63, 3.8) is 0 Å².